The quantitative estimate of drug-likeness (QED) is 0.561. The summed E-state index contributed by atoms with van der Waals surface area (Å²) in [5.41, 5.74) is 1.23. The van der Waals surface area contributed by atoms with Crippen LogP contribution in [0.25, 0.3) is 0 Å². The lowest BCUT2D eigenvalue weighted by Crippen LogP contribution is -1.96. The van der Waals surface area contributed by atoms with E-state index in [1.165, 1.54) is 24.8 Å². The predicted octanol–water partition coefficient (Wildman–Crippen LogP) is 3.81. The Hall–Kier alpha value is -0.700. The first-order valence-corrected chi connectivity index (χ1v) is 6.71. The van der Waals surface area contributed by atoms with E-state index in [-0.39, 0.29) is 0 Å². The highest BCUT2D eigenvalue weighted by Gasteiger charge is 2.08. The second-order valence-corrected chi connectivity index (χ2v) is 4.45. The fourth-order valence-corrected chi connectivity index (χ4v) is 2.13. The molecule has 0 spiro atoms. The summed E-state index contributed by atoms with van der Waals surface area (Å²) in [5, 5.41) is 1.09. The van der Waals surface area contributed by atoms with Crippen molar-refractivity contribution in [2.24, 2.45) is 0 Å². The number of hydrogen-bond donors (Lipinski definition) is 0. The Morgan fingerprint density at radius 2 is 1.88 bits per heavy atom. The number of para-hydroxylation sites is 1. The SMILES string of the molecule is COc1cccc(CCCCCBr)c1OC. The fourth-order valence-electron chi connectivity index (χ4n) is 1.74. The van der Waals surface area contributed by atoms with E-state index in [1.807, 2.05) is 12.1 Å². The molecule has 3 heteroatoms. The maximum atomic E-state index is 5.39. The van der Waals surface area contributed by atoms with E-state index in [0.29, 0.717) is 0 Å². The molecule has 1 rings (SSSR count). The normalized spacial score (nSPS) is 10.2. The largest absolute Gasteiger partial charge is 0.493 e. The predicted molar refractivity (Wildman–Crippen MR) is 70.9 cm³/mol. The van der Waals surface area contributed by atoms with Crippen LogP contribution in [0.1, 0.15) is 24.8 Å². The van der Waals surface area contributed by atoms with Crippen molar-refractivity contribution in [2.45, 2.75) is 25.7 Å². The highest BCUT2D eigenvalue weighted by Crippen LogP contribution is 2.31. The minimum Gasteiger partial charge on any atom is -0.493 e. The van der Waals surface area contributed by atoms with Crippen LogP contribution in [-0.4, -0.2) is 19.5 Å². The summed E-state index contributed by atoms with van der Waals surface area (Å²) in [7, 11) is 3.37. The lowest BCUT2D eigenvalue weighted by Gasteiger charge is -2.12. The van der Waals surface area contributed by atoms with E-state index in [1.54, 1.807) is 14.2 Å². The van der Waals surface area contributed by atoms with Gasteiger partial charge in [-0.05, 0) is 30.9 Å². The van der Waals surface area contributed by atoms with Crippen LogP contribution in [0.2, 0.25) is 0 Å². The average Bonchev–Trinajstić information content (AvgIpc) is 2.34. The van der Waals surface area contributed by atoms with Crippen LogP contribution in [-0.2, 0) is 6.42 Å². The Balaban J connectivity index is 2.63. The van der Waals surface area contributed by atoms with Crippen LogP contribution in [0.4, 0.5) is 0 Å². The van der Waals surface area contributed by atoms with Crippen LogP contribution in [0.15, 0.2) is 18.2 Å². The van der Waals surface area contributed by atoms with Gasteiger partial charge in [0.2, 0.25) is 0 Å². The fraction of sp³-hybridized carbons (Fsp3) is 0.538. The molecular weight excluding hydrogens is 268 g/mol. The van der Waals surface area contributed by atoms with E-state index in [9.17, 15) is 0 Å². The molecule has 0 saturated heterocycles. The van der Waals surface area contributed by atoms with E-state index in [2.05, 4.69) is 22.0 Å². The van der Waals surface area contributed by atoms with Gasteiger partial charge in [0, 0.05) is 5.33 Å². The topological polar surface area (TPSA) is 18.5 Å². The average molecular weight is 287 g/mol. The van der Waals surface area contributed by atoms with Gasteiger partial charge in [-0.1, -0.05) is 34.5 Å². The third-order valence-corrected chi connectivity index (χ3v) is 3.12. The van der Waals surface area contributed by atoms with Gasteiger partial charge in [0.25, 0.3) is 0 Å². The number of aryl methyl sites for hydroxylation is 1. The summed E-state index contributed by atoms with van der Waals surface area (Å²) in [6.07, 6.45) is 4.71. The van der Waals surface area contributed by atoms with Gasteiger partial charge in [0.15, 0.2) is 11.5 Å². The van der Waals surface area contributed by atoms with Crippen molar-refractivity contribution in [3.63, 3.8) is 0 Å². The smallest absolute Gasteiger partial charge is 0.163 e. The van der Waals surface area contributed by atoms with Crippen LogP contribution < -0.4 is 9.47 Å². The number of methoxy groups -OCH3 is 2. The minimum absolute atomic E-state index is 0.820. The zero-order chi connectivity index (χ0) is 11.8. The number of benzene rings is 1. The van der Waals surface area contributed by atoms with Crippen molar-refractivity contribution in [1.29, 1.82) is 0 Å². The molecule has 0 fully saturated rings. The Bertz CT molecular complexity index is 313. The van der Waals surface area contributed by atoms with Gasteiger partial charge in [0.05, 0.1) is 14.2 Å². The maximum absolute atomic E-state index is 5.39. The van der Waals surface area contributed by atoms with Gasteiger partial charge in [0.1, 0.15) is 0 Å². The Morgan fingerprint density at radius 3 is 2.50 bits per heavy atom. The molecule has 1 aromatic carbocycles. The number of rotatable bonds is 7. The zero-order valence-corrected chi connectivity index (χ0v) is 11.5. The molecule has 2 nitrogen and oxygen atoms in total. The molecular formula is C13H19BrO2. The van der Waals surface area contributed by atoms with Crippen molar-refractivity contribution in [3.8, 4) is 11.5 Å². The van der Waals surface area contributed by atoms with Gasteiger partial charge in [-0.2, -0.15) is 0 Å². The first kappa shape index (κ1) is 13.4. The minimum atomic E-state index is 0.820. The first-order chi connectivity index (χ1) is 7.83. The van der Waals surface area contributed by atoms with Crippen LogP contribution in [0.5, 0.6) is 11.5 Å². The molecule has 1 aromatic rings. The van der Waals surface area contributed by atoms with E-state index in [0.717, 1.165) is 23.2 Å². The monoisotopic (exact) mass is 286 g/mol. The highest BCUT2D eigenvalue weighted by molar-refractivity contribution is 9.09. The van der Waals surface area contributed by atoms with Gasteiger partial charge in [-0.3, -0.25) is 0 Å². The molecule has 0 aliphatic heterocycles. The first-order valence-electron chi connectivity index (χ1n) is 5.59. The summed E-state index contributed by atoms with van der Waals surface area (Å²) in [4.78, 5) is 0. The second-order valence-electron chi connectivity index (χ2n) is 3.65. The molecule has 0 saturated carbocycles. The molecule has 0 N–H and O–H groups in total. The molecule has 0 atom stereocenters. The van der Waals surface area contributed by atoms with Crippen LogP contribution >= 0.6 is 15.9 Å². The summed E-state index contributed by atoms with van der Waals surface area (Å²) in [6, 6.07) is 6.05. The Kier molecular flexibility index (Phi) is 6.31. The Morgan fingerprint density at radius 1 is 1.06 bits per heavy atom. The second kappa shape index (κ2) is 7.55. The molecule has 0 aromatic heterocycles. The number of halogens is 1. The van der Waals surface area contributed by atoms with Gasteiger partial charge in [-0.15, -0.1) is 0 Å². The summed E-state index contributed by atoms with van der Waals surface area (Å²) in [5.74, 6) is 1.70. The van der Waals surface area contributed by atoms with Crippen LogP contribution in [0, 0.1) is 0 Å². The molecule has 16 heavy (non-hydrogen) atoms. The van der Waals surface area contributed by atoms with Gasteiger partial charge < -0.3 is 9.47 Å². The lowest BCUT2D eigenvalue weighted by atomic mass is 10.1. The summed E-state index contributed by atoms with van der Waals surface area (Å²) >= 11 is 3.44. The zero-order valence-electron chi connectivity index (χ0n) is 9.96. The number of ether oxygens (including phenoxy) is 2. The molecule has 0 aliphatic rings. The van der Waals surface area contributed by atoms with Gasteiger partial charge >= 0.3 is 0 Å². The molecule has 0 unspecified atom stereocenters. The molecule has 90 valence electrons. The summed E-state index contributed by atoms with van der Waals surface area (Å²) < 4.78 is 10.7. The third kappa shape index (κ3) is 3.71. The number of hydrogen-bond acceptors (Lipinski definition) is 2. The van der Waals surface area contributed by atoms with E-state index < -0.39 is 0 Å². The van der Waals surface area contributed by atoms with E-state index >= 15 is 0 Å². The molecule has 0 amide bonds. The molecule has 0 aliphatic carbocycles. The number of alkyl halides is 1. The number of unbranched alkanes of at least 4 members (excludes halogenated alkanes) is 2. The highest BCUT2D eigenvalue weighted by atomic mass is 79.9. The van der Waals surface area contributed by atoms with Crippen molar-refractivity contribution in [2.75, 3.05) is 19.5 Å². The van der Waals surface area contributed by atoms with Gasteiger partial charge in [-0.25, -0.2) is 0 Å². The van der Waals surface area contributed by atoms with E-state index in [4.69, 9.17) is 9.47 Å². The molecule has 0 bridgehead atoms. The standard InChI is InChI=1S/C13H19BrO2/c1-15-12-9-6-8-11(13(12)16-2)7-4-3-5-10-14/h6,8-9H,3-5,7,10H2,1-2H3. The van der Waals surface area contributed by atoms with Crippen molar-refractivity contribution in [1.82, 2.24) is 0 Å². The Labute approximate surface area is 106 Å². The van der Waals surface area contributed by atoms with Crippen molar-refractivity contribution in [3.05, 3.63) is 23.8 Å². The third-order valence-electron chi connectivity index (χ3n) is 2.56. The summed E-state index contributed by atoms with van der Waals surface area (Å²) in [6.45, 7) is 0. The van der Waals surface area contributed by atoms with Crippen molar-refractivity contribution >= 4 is 15.9 Å². The van der Waals surface area contributed by atoms with Crippen LogP contribution in [0.3, 0.4) is 0 Å². The lowest BCUT2D eigenvalue weighted by molar-refractivity contribution is 0.351. The molecule has 0 heterocycles. The maximum Gasteiger partial charge on any atom is 0.163 e. The van der Waals surface area contributed by atoms with Crippen molar-refractivity contribution < 1.29 is 9.47 Å². The molecule has 0 radical (unpaired) electrons.